The fraction of sp³-hybridized carbons (Fsp3) is 0.167. The van der Waals surface area contributed by atoms with Gasteiger partial charge in [-0.15, -0.1) is 0 Å². The smallest absolute Gasteiger partial charge is 0.263 e. The zero-order chi connectivity index (χ0) is 28.4. The van der Waals surface area contributed by atoms with Crippen molar-refractivity contribution >= 4 is 28.4 Å². The number of carbonyl (C=O) groups excluding carboxylic acids is 1. The number of nitrogen functional groups attached to an aromatic ring is 1. The van der Waals surface area contributed by atoms with Gasteiger partial charge in [0.2, 0.25) is 11.8 Å². The van der Waals surface area contributed by atoms with E-state index >= 15 is 0 Å². The summed E-state index contributed by atoms with van der Waals surface area (Å²) in [5, 5.41) is 4.63. The summed E-state index contributed by atoms with van der Waals surface area (Å²) in [4.78, 5) is 41.1. The molecule has 3 heterocycles. The molecule has 10 nitrogen and oxygen atoms in total. The highest BCUT2D eigenvalue weighted by Crippen LogP contribution is 2.31. The van der Waals surface area contributed by atoms with Crippen molar-refractivity contribution in [3.05, 3.63) is 101 Å². The second kappa shape index (κ2) is 10.9. The molecular formula is C30H29N7O3. The van der Waals surface area contributed by atoms with Crippen molar-refractivity contribution in [2.75, 3.05) is 32.3 Å². The maximum Gasteiger partial charge on any atom is 0.263 e. The zero-order valence-electron chi connectivity index (χ0n) is 22.6. The maximum absolute atomic E-state index is 14.4. The SMILES string of the molecule is COc1cc(-c2cccc3cc(C(C)Nc4nc(N)ncc4C(=O)N(C)C)n(-c4ccccc4)c(=O)c23)ccn1. The van der Waals surface area contributed by atoms with E-state index in [0.717, 1.165) is 16.5 Å². The van der Waals surface area contributed by atoms with Gasteiger partial charge in [0.25, 0.3) is 11.5 Å². The van der Waals surface area contributed by atoms with E-state index in [0.29, 0.717) is 22.6 Å². The number of nitrogens with two attached hydrogens (primary N) is 1. The van der Waals surface area contributed by atoms with Gasteiger partial charge in [0, 0.05) is 43.9 Å². The first kappa shape index (κ1) is 26.4. The highest BCUT2D eigenvalue weighted by Gasteiger charge is 2.22. The van der Waals surface area contributed by atoms with Gasteiger partial charge in [-0.3, -0.25) is 14.2 Å². The molecule has 3 aromatic heterocycles. The van der Waals surface area contributed by atoms with Crippen molar-refractivity contribution in [3.8, 4) is 22.7 Å². The van der Waals surface area contributed by atoms with E-state index in [9.17, 15) is 9.59 Å². The van der Waals surface area contributed by atoms with E-state index in [1.54, 1.807) is 32.0 Å². The highest BCUT2D eigenvalue weighted by molar-refractivity contribution is 5.99. The first-order valence-electron chi connectivity index (χ1n) is 12.6. The van der Waals surface area contributed by atoms with Crippen LogP contribution in [-0.4, -0.2) is 51.5 Å². The molecule has 10 heteroatoms. The predicted octanol–water partition coefficient (Wildman–Crippen LogP) is 4.31. The molecule has 0 aliphatic rings. The Morgan fingerprint density at radius 3 is 2.55 bits per heavy atom. The topological polar surface area (TPSA) is 128 Å². The summed E-state index contributed by atoms with van der Waals surface area (Å²) in [6, 6.07) is 20.3. The van der Waals surface area contributed by atoms with E-state index in [-0.39, 0.29) is 28.8 Å². The van der Waals surface area contributed by atoms with Crippen molar-refractivity contribution in [3.63, 3.8) is 0 Å². The molecule has 0 radical (unpaired) electrons. The minimum Gasteiger partial charge on any atom is -0.481 e. The summed E-state index contributed by atoms with van der Waals surface area (Å²) in [5.41, 5.74) is 8.92. The molecule has 0 aliphatic carbocycles. The number of hydrogen-bond acceptors (Lipinski definition) is 8. The van der Waals surface area contributed by atoms with Crippen LogP contribution in [0.15, 0.2) is 83.9 Å². The second-order valence-electron chi connectivity index (χ2n) is 9.46. The number of nitrogens with zero attached hydrogens (tertiary/aromatic N) is 5. The molecule has 0 aliphatic heterocycles. The number of para-hydroxylation sites is 1. The van der Waals surface area contributed by atoms with Gasteiger partial charge in [-0.2, -0.15) is 4.98 Å². The van der Waals surface area contributed by atoms with Gasteiger partial charge in [-0.05, 0) is 47.7 Å². The van der Waals surface area contributed by atoms with Gasteiger partial charge in [-0.25, -0.2) is 9.97 Å². The van der Waals surface area contributed by atoms with Crippen molar-refractivity contribution < 1.29 is 9.53 Å². The third-order valence-corrected chi connectivity index (χ3v) is 6.59. The van der Waals surface area contributed by atoms with Crippen LogP contribution in [-0.2, 0) is 0 Å². The van der Waals surface area contributed by atoms with E-state index < -0.39 is 6.04 Å². The number of hydrogen-bond donors (Lipinski definition) is 2. The maximum atomic E-state index is 14.4. The molecule has 5 aromatic rings. The van der Waals surface area contributed by atoms with E-state index in [1.807, 2.05) is 73.7 Å². The van der Waals surface area contributed by atoms with Crippen LogP contribution >= 0.6 is 0 Å². The molecule has 0 bridgehead atoms. The van der Waals surface area contributed by atoms with Crippen LogP contribution in [0.2, 0.25) is 0 Å². The van der Waals surface area contributed by atoms with Crippen LogP contribution in [0.5, 0.6) is 5.88 Å². The Hall–Kier alpha value is -5.25. The van der Waals surface area contributed by atoms with Crippen LogP contribution in [0.3, 0.4) is 0 Å². The minimum atomic E-state index is -0.454. The zero-order valence-corrected chi connectivity index (χ0v) is 22.6. The number of anilines is 2. The van der Waals surface area contributed by atoms with Crippen LogP contribution in [0.25, 0.3) is 27.6 Å². The fourth-order valence-corrected chi connectivity index (χ4v) is 4.66. The van der Waals surface area contributed by atoms with Gasteiger partial charge in [0.1, 0.15) is 11.4 Å². The number of amides is 1. The molecule has 0 saturated heterocycles. The number of carbonyl (C=O) groups is 1. The summed E-state index contributed by atoms with van der Waals surface area (Å²) in [6.07, 6.45) is 3.06. The van der Waals surface area contributed by atoms with Crippen molar-refractivity contribution in [1.82, 2.24) is 24.4 Å². The Kier molecular flexibility index (Phi) is 7.15. The van der Waals surface area contributed by atoms with Crippen LogP contribution in [0.1, 0.15) is 29.0 Å². The molecule has 1 atom stereocenters. The molecule has 5 rings (SSSR count). The second-order valence-corrected chi connectivity index (χ2v) is 9.46. The Balaban J connectivity index is 1.72. The lowest BCUT2D eigenvalue weighted by Gasteiger charge is -2.23. The van der Waals surface area contributed by atoms with Crippen LogP contribution in [0.4, 0.5) is 11.8 Å². The molecule has 202 valence electrons. The predicted molar refractivity (Wildman–Crippen MR) is 156 cm³/mol. The molecule has 0 spiro atoms. The number of methoxy groups -OCH3 is 1. The quantitative estimate of drug-likeness (QED) is 0.316. The monoisotopic (exact) mass is 535 g/mol. The molecule has 1 amide bonds. The number of nitrogens with one attached hydrogen (secondary N) is 1. The number of fused-ring (bicyclic) bond motifs is 1. The third kappa shape index (κ3) is 4.94. The number of aromatic nitrogens is 4. The number of pyridine rings is 2. The molecule has 0 saturated carbocycles. The Labute approximate surface area is 231 Å². The van der Waals surface area contributed by atoms with Gasteiger partial charge in [0.15, 0.2) is 0 Å². The van der Waals surface area contributed by atoms with Crippen molar-refractivity contribution in [2.24, 2.45) is 0 Å². The van der Waals surface area contributed by atoms with Gasteiger partial charge in [0.05, 0.1) is 18.5 Å². The first-order chi connectivity index (χ1) is 19.3. The normalized spacial score (nSPS) is 11.7. The third-order valence-electron chi connectivity index (χ3n) is 6.59. The summed E-state index contributed by atoms with van der Waals surface area (Å²) in [6.45, 7) is 1.90. The molecule has 1 unspecified atom stereocenters. The first-order valence-corrected chi connectivity index (χ1v) is 12.6. The Bertz CT molecular complexity index is 1770. The summed E-state index contributed by atoms with van der Waals surface area (Å²) < 4.78 is 7.00. The largest absolute Gasteiger partial charge is 0.481 e. The summed E-state index contributed by atoms with van der Waals surface area (Å²) >= 11 is 0. The van der Waals surface area contributed by atoms with Gasteiger partial charge < -0.3 is 20.7 Å². The molecule has 2 aromatic carbocycles. The Morgan fingerprint density at radius 2 is 1.82 bits per heavy atom. The highest BCUT2D eigenvalue weighted by atomic mass is 16.5. The van der Waals surface area contributed by atoms with Gasteiger partial charge >= 0.3 is 0 Å². The molecular weight excluding hydrogens is 506 g/mol. The van der Waals surface area contributed by atoms with E-state index in [2.05, 4.69) is 20.3 Å². The van der Waals surface area contributed by atoms with Crippen LogP contribution in [0, 0.1) is 0 Å². The Morgan fingerprint density at radius 1 is 1.05 bits per heavy atom. The van der Waals surface area contributed by atoms with E-state index in [4.69, 9.17) is 10.5 Å². The lowest BCUT2D eigenvalue weighted by molar-refractivity contribution is 0.0827. The number of rotatable bonds is 7. The average Bonchev–Trinajstić information content (AvgIpc) is 2.97. The van der Waals surface area contributed by atoms with Crippen molar-refractivity contribution in [1.29, 1.82) is 0 Å². The van der Waals surface area contributed by atoms with E-state index in [1.165, 1.54) is 11.1 Å². The molecule has 40 heavy (non-hydrogen) atoms. The van der Waals surface area contributed by atoms with Crippen LogP contribution < -0.4 is 21.3 Å². The lowest BCUT2D eigenvalue weighted by Crippen LogP contribution is -2.27. The standard InChI is InChI=1S/C30H29N7O3/c1-18(34-27-23(28(38)36(2)3)17-33-30(31)35-27)24-15-20-9-8-12-22(19-13-14-32-25(16-19)40-4)26(20)29(39)37(24)21-10-6-5-7-11-21/h5-18H,1-4H3,(H3,31,33,34,35). The summed E-state index contributed by atoms with van der Waals surface area (Å²) in [5.74, 6) is 0.496. The minimum absolute atomic E-state index is 0.0291. The lowest BCUT2D eigenvalue weighted by atomic mass is 9.98. The number of ether oxygens (including phenoxy) is 1. The van der Waals surface area contributed by atoms with Gasteiger partial charge in [-0.1, -0.05) is 36.4 Å². The molecule has 3 N–H and O–H groups in total. The number of benzene rings is 2. The summed E-state index contributed by atoms with van der Waals surface area (Å²) in [7, 11) is 4.86. The fourth-order valence-electron chi connectivity index (χ4n) is 4.66. The average molecular weight is 536 g/mol. The van der Waals surface area contributed by atoms with Crippen molar-refractivity contribution in [2.45, 2.75) is 13.0 Å². The molecule has 0 fully saturated rings.